The molecule has 3 heteroatoms. The number of benzene rings is 1. The van der Waals surface area contributed by atoms with E-state index in [1.165, 1.54) is 17.1 Å². The average Bonchev–Trinajstić information content (AvgIpc) is 2.35. The highest BCUT2D eigenvalue weighted by molar-refractivity contribution is 7.99. The van der Waals surface area contributed by atoms with Crippen molar-refractivity contribution in [3.63, 3.8) is 0 Å². The molecule has 0 saturated carbocycles. The first kappa shape index (κ1) is 11.8. The van der Waals surface area contributed by atoms with Crippen LogP contribution in [0, 0.1) is 0 Å². The van der Waals surface area contributed by atoms with Crippen LogP contribution in [0.15, 0.2) is 24.3 Å². The lowest BCUT2D eigenvalue weighted by Crippen LogP contribution is -2.28. The van der Waals surface area contributed by atoms with E-state index in [0.29, 0.717) is 6.04 Å². The van der Waals surface area contributed by atoms with Crippen molar-refractivity contribution in [3.05, 3.63) is 29.8 Å². The zero-order valence-electron chi connectivity index (χ0n) is 9.74. The number of fused-ring (bicyclic) bond motifs is 1. The summed E-state index contributed by atoms with van der Waals surface area (Å²) in [6.07, 6.45) is 1.08. The summed E-state index contributed by atoms with van der Waals surface area (Å²) < 4.78 is 5.64. The average molecular weight is 237 g/mol. The molecule has 1 N–H and O–H groups in total. The van der Waals surface area contributed by atoms with Gasteiger partial charge in [0.25, 0.3) is 0 Å². The Hall–Kier alpha value is -0.670. The molecule has 1 unspecified atom stereocenters. The molecule has 1 aromatic carbocycles. The Labute approximate surface area is 102 Å². The minimum absolute atomic E-state index is 0.474. The van der Waals surface area contributed by atoms with Gasteiger partial charge in [0.1, 0.15) is 5.75 Å². The van der Waals surface area contributed by atoms with E-state index in [-0.39, 0.29) is 0 Å². The monoisotopic (exact) mass is 237 g/mol. The van der Waals surface area contributed by atoms with Crippen molar-refractivity contribution in [3.8, 4) is 5.75 Å². The summed E-state index contributed by atoms with van der Waals surface area (Å²) in [5.74, 6) is 3.44. The number of ether oxygens (including phenoxy) is 1. The highest BCUT2D eigenvalue weighted by Crippen LogP contribution is 2.31. The van der Waals surface area contributed by atoms with E-state index in [1.807, 2.05) is 17.8 Å². The maximum absolute atomic E-state index is 5.64. The third-order valence-corrected chi connectivity index (χ3v) is 3.70. The van der Waals surface area contributed by atoms with Gasteiger partial charge in [0.15, 0.2) is 0 Å². The summed E-state index contributed by atoms with van der Waals surface area (Å²) in [6, 6.07) is 8.82. The van der Waals surface area contributed by atoms with Crippen LogP contribution in [0.25, 0.3) is 0 Å². The van der Waals surface area contributed by atoms with E-state index in [9.17, 15) is 0 Å². The first-order chi connectivity index (χ1) is 7.92. The fourth-order valence-corrected chi connectivity index (χ4v) is 2.55. The Kier molecular flexibility index (Phi) is 4.55. The zero-order chi connectivity index (χ0) is 11.2. The van der Waals surface area contributed by atoms with Gasteiger partial charge in [0, 0.05) is 30.3 Å². The lowest BCUT2D eigenvalue weighted by Gasteiger charge is -2.26. The SMILES string of the molecule is CCSCCNC1CCOc2ccccc21. The molecule has 88 valence electrons. The molecule has 0 amide bonds. The van der Waals surface area contributed by atoms with Crippen LogP contribution in [0.5, 0.6) is 5.75 Å². The number of hydrogen-bond acceptors (Lipinski definition) is 3. The van der Waals surface area contributed by atoms with Crippen LogP contribution in [-0.4, -0.2) is 24.7 Å². The number of thioether (sulfide) groups is 1. The molecule has 1 aromatic rings. The summed E-state index contributed by atoms with van der Waals surface area (Å²) >= 11 is 1.98. The van der Waals surface area contributed by atoms with Crippen molar-refractivity contribution < 1.29 is 4.74 Å². The molecule has 0 spiro atoms. The van der Waals surface area contributed by atoms with Crippen LogP contribution in [0.3, 0.4) is 0 Å². The van der Waals surface area contributed by atoms with Gasteiger partial charge < -0.3 is 10.1 Å². The first-order valence-electron chi connectivity index (χ1n) is 5.94. The second-order valence-electron chi connectivity index (χ2n) is 3.88. The molecular weight excluding hydrogens is 218 g/mol. The molecule has 0 saturated heterocycles. The van der Waals surface area contributed by atoms with Crippen LogP contribution < -0.4 is 10.1 Å². The Morgan fingerprint density at radius 3 is 3.19 bits per heavy atom. The largest absolute Gasteiger partial charge is 0.493 e. The smallest absolute Gasteiger partial charge is 0.124 e. The highest BCUT2D eigenvalue weighted by atomic mass is 32.2. The summed E-state index contributed by atoms with van der Waals surface area (Å²) in [5.41, 5.74) is 1.32. The minimum Gasteiger partial charge on any atom is -0.493 e. The van der Waals surface area contributed by atoms with Gasteiger partial charge in [-0.05, 0) is 11.8 Å². The molecule has 2 rings (SSSR count). The maximum atomic E-state index is 5.64. The molecule has 0 radical (unpaired) electrons. The third kappa shape index (κ3) is 2.92. The quantitative estimate of drug-likeness (QED) is 0.796. The van der Waals surface area contributed by atoms with E-state index in [1.54, 1.807) is 0 Å². The zero-order valence-corrected chi connectivity index (χ0v) is 10.6. The summed E-state index contributed by atoms with van der Waals surface area (Å²) in [7, 11) is 0. The van der Waals surface area contributed by atoms with Crippen molar-refractivity contribution in [2.24, 2.45) is 0 Å². The van der Waals surface area contributed by atoms with Crippen molar-refractivity contribution in [2.45, 2.75) is 19.4 Å². The van der Waals surface area contributed by atoms with Crippen LogP contribution in [0.2, 0.25) is 0 Å². The Bertz CT molecular complexity index is 329. The van der Waals surface area contributed by atoms with Crippen LogP contribution >= 0.6 is 11.8 Å². The van der Waals surface area contributed by atoms with Crippen molar-refractivity contribution in [2.75, 3.05) is 24.7 Å². The molecule has 2 nitrogen and oxygen atoms in total. The number of hydrogen-bond donors (Lipinski definition) is 1. The second kappa shape index (κ2) is 6.16. The van der Waals surface area contributed by atoms with Gasteiger partial charge in [-0.25, -0.2) is 0 Å². The third-order valence-electron chi connectivity index (χ3n) is 2.80. The van der Waals surface area contributed by atoms with Crippen LogP contribution in [-0.2, 0) is 0 Å². The van der Waals surface area contributed by atoms with E-state index < -0.39 is 0 Å². The standard InChI is InChI=1S/C13H19NOS/c1-2-16-10-8-14-12-7-9-15-13-6-4-3-5-11(12)13/h3-6,12,14H,2,7-10H2,1H3. The fraction of sp³-hybridized carbons (Fsp3) is 0.538. The number of para-hydroxylation sites is 1. The molecule has 1 atom stereocenters. The normalized spacial score (nSPS) is 18.9. The molecule has 1 aliphatic heterocycles. The Morgan fingerprint density at radius 2 is 2.31 bits per heavy atom. The summed E-state index contributed by atoms with van der Waals surface area (Å²) in [4.78, 5) is 0. The van der Waals surface area contributed by atoms with E-state index >= 15 is 0 Å². The number of rotatable bonds is 5. The second-order valence-corrected chi connectivity index (χ2v) is 5.27. The van der Waals surface area contributed by atoms with Gasteiger partial charge in [-0.1, -0.05) is 25.1 Å². The fourth-order valence-electron chi connectivity index (χ4n) is 2.00. The molecule has 1 aliphatic rings. The van der Waals surface area contributed by atoms with Gasteiger partial charge in [-0.15, -0.1) is 0 Å². The van der Waals surface area contributed by atoms with E-state index in [4.69, 9.17) is 4.74 Å². The molecule has 0 bridgehead atoms. The highest BCUT2D eigenvalue weighted by Gasteiger charge is 2.19. The van der Waals surface area contributed by atoms with Gasteiger partial charge in [0.05, 0.1) is 6.61 Å². The van der Waals surface area contributed by atoms with Crippen LogP contribution in [0.4, 0.5) is 0 Å². The van der Waals surface area contributed by atoms with Crippen molar-refractivity contribution in [1.82, 2.24) is 5.32 Å². The minimum atomic E-state index is 0.474. The predicted molar refractivity (Wildman–Crippen MR) is 70.3 cm³/mol. The van der Waals surface area contributed by atoms with Gasteiger partial charge >= 0.3 is 0 Å². The lowest BCUT2D eigenvalue weighted by molar-refractivity contribution is 0.254. The molecule has 16 heavy (non-hydrogen) atoms. The molecule has 0 aliphatic carbocycles. The molecule has 1 heterocycles. The van der Waals surface area contributed by atoms with Crippen LogP contribution in [0.1, 0.15) is 24.9 Å². The molecule has 0 fully saturated rings. The van der Waals surface area contributed by atoms with Gasteiger partial charge in [-0.2, -0.15) is 11.8 Å². The maximum Gasteiger partial charge on any atom is 0.124 e. The van der Waals surface area contributed by atoms with E-state index in [2.05, 4.69) is 30.4 Å². The topological polar surface area (TPSA) is 21.3 Å². The van der Waals surface area contributed by atoms with E-state index in [0.717, 1.165) is 25.3 Å². The molecular formula is C13H19NOS. The van der Waals surface area contributed by atoms with Crippen molar-refractivity contribution >= 4 is 11.8 Å². The summed E-state index contributed by atoms with van der Waals surface area (Å²) in [6.45, 7) is 4.11. The Morgan fingerprint density at radius 1 is 1.44 bits per heavy atom. The molecule has 0 aromatic heterocycles. The summed E-state index contributed by atoms with van der Waals surface area (Å²) in [5, 5.41) is 3.61. The predicted octanol–water partition coefficient (Wildman–Crippen LogP) is 2.85. The first-order valence-corrected chi connectivity index (χ1v) is 7.10. The van der Waals surface area contributed by atoms with Gasteiger partial charge in [0.2, 0.25) is 0 Å². The number of nitrogens with one attached hydrogen (secondary N) is 1. The lowest BCUT2D eigenvalue weighted by atomic mass is 10.0. The Balaban J connectivity index is 1.91. The van der Waals surface area contributed by atoms with Gasteiger partial charge in [-0.3, -0.25) is 0 Å². The van der Waals surface area contributed by atoms with Crippen molar-refractivity contribution in [1.29, 1.82) is 0 Å².